The van der Waals surface area contributed by atoms with Gasteiger partial charge in [0.1, 0.15) is 12.4 Å². The van der Waals surface area contributed by atoms with E-state index >= 15 is 0 Å². The highest BCUT2D eigenvalue weighted by molar-refractivity contribution is 5.93. The molecule has 0 saturated heterocycles. The molecular weight excluding hydrogens is 210 g/mol. The van der Waals surface area contributed by atoms with Crippen LogP contribution in [0, 0.1) is 5.92 Å². The Labute approximate surface area is 102 Å². The van der Waals surface area contributed by atoms with Crippen LogP contribution in [0.15, 0.2) is 36.4 Å². The zero-order valence-electron chi connectivity index (χ0n) is 10.2. The van der Waals surface area contributed by atoms with Crippen LogP contribution in [0.3, 0.4) is 0 Å². The maximum Gasteiger partial charge on any atom is 0.150 e. The molecule has 0 amide bonds. The first kappa shape index (κ1) is 10.5. The minimum absolute atomic E-state index is 0.406. The summed E-state index contributed by atoms with van der Waals surface area (Å²) in [6.07, 6.45) is 0. The fourth-order valence-electron chi connectivity index (χ4n) is 2.29. The molecule has 2 nitrogen and oxygen atoms in total. The van der Waals surface area contributed by atoms with Gasteiger partial charge in [0.15, 0.2) is 0 Å². The van der Waals surface area contributed by atoms with Gasteiger partial charge in [0, 0.05) is 5.39 Å². The summed E-state index contributed by atoms with van der Waals surface area (Å²) in [4.78, 5) is 0. The summed E-state index contributed by atoms with van der Waals surface area (Å²) in [6.45, 7) is 5.18. The molecule has 0 aliphatic carbocycles. The normalized spacial score (nSPS) is 18.6. The molecule has 0 fully saturated rings. The standard InChI is InChI=1S/C15H17NO/c1-10(2)14-9-17-15-12-6-4-3-5-11(12)7-8-13(15)16-14/h3-8,10,14,16H,9H2,1-2H3. The fraction of sp³-hybridized carbons (Fsp3) is 0.333. The first-order valence-electron chi connectivity index (χ1n) is 6.17. The molecule has 1 aliphatic rings. The molecule has 17 heavy (non-hydrogen) atoms. The van der Waals surface area contributed by atoms with Crippen LogP contribution in [0.4, 0.5) is 5.69 Å². The lowest BCUT2D eigenvalue weighted by atomic mass is 10.0. The Balaban J connectivity index is 2.08. The van der Waals surface area contributed by atoms with E-state index in [1.807, 2.05) is 0 Å². The Morgan fingerprint density at radius 2 is 2.00 bits per heavy atom. The van der Waals surface area contributed by atoms with Crippen molar-refractivity contribution in [1.29, 1.82) is 0 Å². The van der Waals surface area contributed by atoms with E-state index in [-0.39, 0.29) is 0 Å². The topological polar surface area (TPSA) is 21.3 Å². The molecule has 0 saturated carbocycles. The third-order valence-electron chi connectivity index (χ3n) is 3.43. The lowest BCUT2D eigenvalue weighted by molar-refractivity contribution is 0.260. The number of anilines is 1. The summed E-state index contributed by atoms with van der Waals surface area (Å²) in [7, 11) is 0. The van der Waals surface area contributed by atoms with Crippen LogP contribution in [-0.2, 0) is 0 Å². The van der Waals surface area contributed by atoms with Gasteiger partial charge in [0.2, 0.25) is 0 Å². The van der Waals surface area contributed by atoms with Crippen molar-refractivity contribution in [3.63, 3.8) is 0 Å². The van der Waals surface area contributed by atoms with Crippen LogP contribution >= 0.6 is 0 Å². The van der Waals surface area contributed by atoms with Crippen LogP contribution in [0.5, 0.6) is 5.75 Å². The number of hydrogen-bond donors (Lipinski definition) is 1. The second kappa shape index (κ2) is 3.95. The lowest BCUT2D eigenvalue weighted by Gasteiger charge is -2.30. The van der Waals surface area contributed by atoms with E-state index in [2.05, 4.69) is 55.6 Å². The molecule has 0 spiro atoms. The largest absolute Gasteiger partial charge is 0.489 e. The van der Waals surface area contributed by atoms with E-state index in [1.54, 1.807) is 0 Å². The van der Waals surface area contributed by atoms with Crippen LogP contribution < -0.4 is 10.1 Å². The molecule has 1 aliphatic heterocycles. The maximum atomic E-state index is 5.95. The number of rotatable bonds is 1. The average Bonchev–Trinajstić information content (AvgIpc) is 2.38. The smallest absolute Gasteiger partial charge is 0.150 e. The number of hydrogen-bond acceptors (Lipinski definition) is 2. The molecule has 0 bridgehead atoms. The number of ether oxygens (including phenoxy) is 1. The molecule has 2 heteroatoms. The Bertz CT molecular complexity index is 548. The molecule has 88 valence electrons. The van der Waals surface area contributed by atoms with Gasteiger partial charge >= 0.3 is 0 Å². The Hall–Kier alpha value is -1.70. The molecular formula is C15H17NO. The third kappa shape index (κ3) is 1.74. The van der Waals surface area contributed by atoms with E-state index in [9.17, 15) is 0 Å². The van der Waals surface area contributed by atoms with Crippen molar-refractivity contribution in [2.45, 2.75) is 19.9 Å². The van der Waals surface area contributed by atoms with E-state index in [0.29, 0.717) is 12.0 Å². The maximum absolute atomic E-state index is 5.95. The summed E-state index contributed by atoms with van der Waals surface area (Å²) in [6, 6.07) is 13.0. The van der Waals surface area contributed by atoms with Gasteiger partial charge in [-0.3, -0.25) is 0 Å². The summed E-state index contributed by atoms with van der Waals surface area (Å²) in [5.74, 6) is 1.58. The van der Waals surface area contributed by atoms with Crippen molar-refractivity contribution in [3.8, 4) is 5.75 Å². The van der Waals surface area contributed by atoms with Crippen LogP contribution in [-0.4, -0.2) is 12.6 Å². The summed E-state index contributed by atoms with van der Waals surface area (Å²) >= 11 is 0. The highest BCUT2D eigenvalue weighted by atomic mass is 16.5. The number of benzene rings is 2. The highest BCUT2D eigenvalue weighted by Crippen LogP contribution is 2.37. The predicted octanol–water partition coefficient (Wildman–Crippen LogP) is 3.67. The predicted molar refractivity (Wildman–Crippen MR) is 71.7 cm³/mol. The van der Waals surface area contributed by atoms with Crippen LogP contribution in [0.2, 0.25) is 0 Å². The second-order valence-electron chi connectivity index (χ2n) is 4.97. The van der Waals surface area contributed by atoms with Gasteiger partial charge in [0.05, 0.1) is 11.7 Å². The zero-order valence-corrected chi connectivity index (χ0v) is 10.2. The monoisotopic (exact) mass is 227 g/mol. The van der Waals surface area contributed by atoms with Gasteiger partial charge < -0.3 is 10.1 Å². The van der Waals surface area contributed by atoms with Gasteiger partial charge in [-0.15, -0.1) is 0 Å². The number of fused-ring (bicyclic) bond motifs is 3. The van der Waals surface area contributed by atoms with E-state index in [4.69, 9.17) is 4.74 Å². The molecule has 0 aromatic heterocycles. The quantitative estimate of drug-likeness (QED) is 0.802. The Kier molecular flexibility index (Phi) is 2.43. The first-order chi connectivity index (χ1) is 8.25. The van der Waals surface area contributed by atoms with Crippen molar-refractivity contribution in [2.24, 2.45) is 5.92 Å². The molecule has 1 N–H and O–H groups in total. The van der Waals surface area contributed by atoms with Crippen LogP contribution in [0.25, 0.3) is 10.8 Å². The average molecular weight is 227 g/mol. The summed E-state index contributed by atoms with van der Waals surface area (Å²) < 4.78 is 5.95. The summed E-state index contributed by atoms with van der Waals surface area (Å²) in [5, 5.41) is 5.99. The molecule has 1 heterocycles. The van der Waals surface area contributed by atoms with E-state index in [1.165, 1.54) is 10.8 Å². The Morgan fingerprint density at radius 3 is 2.82 bits per heavy atom. The fourth-order valence-corrected chi connectivity index (χ4v) is 2.29. The first-order valence-corrected chi connectivity index (χ1v) is 6.17. The molecule has 3 rings (SSSR count). The van der Waals surface area contributed by atoms with Gasteiger partial charge in [0.25, 0.3) is 0 Å². The second-order valence-corrected chi connectivity index (χ2v) is 4.97. The molecule has 1 atom stereocenters. The minimum atomic E-state index is 0.406. The minimum Gasteiger partial charge on any atom is -0.489 e. The van der Waals surface area contributed by atoms with Crippen LogP contribution in [0.1, 0.15) is 13.8 Å². The van der Waals surface area contributed by atoms with E-state index < -0.39 is 0 Å². The van der Waals surface area contributed by atoms with E-state index in [0.717, 1.165) is 18.0 Å². The summed E-state index contributed by atoms with van der Waals surface area (Å²) in [5.41, 5.74) is 1.12. The third-order valence-corrected chi connectivity index (χ3v) is 3.43. The van der Waals surface area contributed by atoms with Gasteiger partial charge in [-0.1, -0.05) is 44.2 Å². The van der Waals surface area contributed by atoms with Crippen molar-refractivity contribution >= 4 is 16.5 Å². The van der Waals surface area contributed by atoms with Crippen molar-refractivity contribution in [3.05, 3.63) is 36.4 Å². The van der Waals surface area contributed by atoms with Crippen molar-refractivity contribution in [1.82, 2.24) is 0 Å². The van der Waals surface area contributed by atoms with Gasteiger partial charge in [-0.2, -0.15) is 0 Å². The SMILES string of the molecule is CC(C)C1COc2c(ccc3ccccc23)N1. The highest BCUT2D eigenvalue weighted by Gasteiger charge is 2.22. The Morgan fingerprint density at radius 1 is 1.18 bits per heavy atom. The number of nitrogens with one attached hydrogen (secondary N) is 1. The molecule has 2 aromatic rings. The zero-order chi connectivity index (χ0) is 11.8. The lowest BCUT2D eigenvalue weighted by Crippen LogP contribution is -2.35. The van der Waals surface area contributed by atoms with Crippen molar-refractivity contribution < 1.29 is 4.74 Å². The van der Waals surface area contributed by atoms with Gasteiger partial charge in [-0.25, -0.2) is 0 Å². The molecule has 0 radical (unpaired) electrons. The van der Waals surface area contributed by atoms with Crippen molar-refractivity contribution in [2.75, 3.05) is 11.9 Å². The molecule has 2 aromatic carbocycles. The molecule has 1 unspecified atom stereocenters. The van der Waals surface area contributed by atoms with Gasteiger partial charge in [-0.05, 0) is 17.4 Å².